The highest BCUT2D eigenvalue weighted by atomic mass is 16.3. The molecule has 3 aromatic heterocycles. The second-order valence-corrected chi connectivity index (χ2v) is 14.4. The molecule has 0 atom stereocenters. The number of nitrogens with zero attached hydrogens (tertiary/aromatic N) is 4. The molecule has 0 aliphatic carbocycles. The zero-order valence-electron chi connectivity index (χ0n) is 28.4. The number of para-hydroxylation sites is 1. The number of rotatable bonds is 5. The molecule has 5 nitrogen and oxygen atoms in total. The van der Waals surface area contributed by atoms with Crippen molar-refractivity contribution in [1.82, 2.24) is 19.5 Å². The van der Waals surface area contributed by atoms with Crippen molar-refractivity contribution in [2.45, 2.75) is 52.4 Å². The fourth-order valence-corrected chi connectivity index (χ4v) is 6.29. The lowest BCUT2D eigenvalue weighted by Crippen LogP contribution is -2.17. The Balaban J connectivity index is 1.55. The van der Waals surface area contributed by atoms with E-state index in [1.807, 2.05) is 60.9 Å². The van der Waals surface area contributed by atoms with E-state index in [2.05, 4.69) is 118 Å². The van der Waals surface area contributed by atoms with Crippen molar-refractivity contribution < 1.29 is 5.11 Å². The van der Waals surface area contributed by atoms with Crippen LogP contribution in [0.5, 0.6) is 5.75 Å². The molecule has 0 unspecified atom stereocenters. The first-order chi connectivity index (χ1) is 23.0. The molecule has 48 heavy (non-hydrogen) atoms. The molecule has 0 aliphatic heterocycles. The van der Waals surface area contributed by atoms with Crippen LogP contribution in [-0.2, 0) is 10.8 Å². The number of benzene rings is 4. The summed E-state index contributed by atoms with van der Waals surface area (Å²) in [5.74, 6) is 0.921. The Bertz CT molecular complexity index is 2180. The lowest BCUT2D eigenvalue weighted by atomic mass is 9.79. The zero-order valence-corrected chi connectivity index (χ0v) is 28.4. The number of aromatic nitrogens is 4. The van der Waals surface area contributed by atoms with E-state index < -0.39 is 0 Å². The second-order valence-electron chi connectivity index (χ2n) is 14.4. The van der Waals surface area contributed by atoms with Crippen LogP contribution < -0.4 is 0 Å². The molecule has 0 fully saturated rings. The van der Waals surface area contributed by atoms with E-state index in [9.17, 15) is 5.11 Å². The number of hydrogen-bond acceptors (Lipinski definition) is 4. The summed E-state index contributed by atoms with van der Waals surface area (Å²) in [6.45, 7) is 13.0. The summed E-state index contributed by atoms with van der Waals surface area (Å²) in [5.41, 5.74) is 10.7. The normalized spacial score (nSPS) is 12.0. The summed E-state index contributed by atoms with van der Waals surface area (Å²) in [6, 6.07) is 39.3. The lowest BCUT2D eigenvalue weighted by molar-refractivity contribution is 0.446. The molecule has 0 bridgehead atoms. The molecule has 238 valence electrons. The monoisotopic (exact) mass is 628 g/mol. The molecule has 7 rings (SSSR count). The van der Waals surface area contributed by atoms with Gasteiger partial charge in [-0.05, 0) is 82.1 Å². The average Bonchev–Trinajstić information content (AvgIpc) is 3.48. The fraction of sp³-hybridized carbons (Fsp3) is 0.186. The van der Waals surface area contributed by atoms with Crippen LogP contribution >= 0.6 is 0 Å². The summed E-state index contributed by atoms with van der Waals surface area (Å²) in [6.07, 6.45) is 3.67. The molecule has 0 radical (unpaired) electrons. The molecule has 5 heteroatoms. The van der Waals surface area contributed by atoms with Crippen LogP contribution in [0.25, 0.3) is 61.8 Å². The maximum absolute atomic E-state index is 12.0. The number of phenolic OH excluding ortho intramolecular Hbond substituents is 1. The largest absolute Gasteiger partial charge is 0.507 e. The third-order valence-electron chi connectivity index (χ3n) is 8.89. The molecule has 4 aromatic carbocycles. The predicted octanol–water partition coefficient (Wildman–Crippen LogP) is 10.8. The molecule has 0 aliphatic rings. The highest BCUT2D eigenvalue weighted by Gasteiger charge is 2.28. The zero-order chi connectivity index (χ0) is 33.6. The number of aromatic hydroxyl groups is 1. The average molecular weight is 629 g/mol. The van der Waals surface area contributed by atoms with Crippen LogP contribution in [0.4, 0.5) is 0 Å². The van der Waals surface area contributed by atoms with Gasteiger partial charge < -0.3 is 5.11 Å². The van der Waals surface area contributed by atoms with Crippen LogP contribution in [0.2, 0.25) is 0 Å². The van der Waals surface area contributed by atoms with E-state index in [1.54, 1.807) is 0 Å². The first-order valence-corrected chi connectivity index (χ1v) is 16.4. The van der Waals surface area contributed by atoms with Gasteiger partial charge in [0.2, 0.25) is 0 Å². The van der Waals surface area contributed by atoms with Gasteiger partial charge in [-0.25, -0.2) is 4.98 Å². The number of phenols is 1. The highest BCUT2D eigenvalue weighted by molar-refractivity contribution is 5.95. The molecular formula is C43H40N4O. The van der Waals surface area contributed by atoms with Gasteiger partial charge in [0.15, 0.2) is 0 Å². The van der Waals surface area contributed by atoms with Gasteiger partial charge in [-0.3, -0.25) is 14.5 Å². The maximum atomic E-state index is 12.0. The van der Waals surface area contributed by atoms with Crippen molar-refractivity contribution in [1.29, 1.82) is 0 Å². The SMILES string of the molecule is CC(C)(C)c1cc(-c2nc3c(-c4cc(-c5ccccc5)cc(-c5ccccn5)c4)nccc3n2-c2ccccc2)c(O)c(C(C)(C)C)c1. The quantitative estimate of drug-likeness (QED) is 0.206. The molecule has 3 heterocycles. The van der Waals surface area contributed by atoms with Gasteiger partial charge in [0, 0.05) is 34.8 Å². The number of pyridine rings is 2. The Labute approximate surface area is 282 Å². The van der Waals surface area contributed by atoms with Crippen molar-refractivity contribution in [3.8, 4) is 56.5 Å². The molecule has 0 amide bonds. The van der Waals surface area contributed by atoms with Gasteiger partial charge in [-0.15, -0.1) is 0 Å². The van der Waals surface area contributed by atoms with E-state index >= 15 is 0 Å². The van der Waals surface area contributed by atoms with E-state index in [0.29, 0.717) is 11.4 Å². The minimum Gasteiger partial charge on any atom is -0.507 e. The number of imidazole rings is 1. The van der Waals surface area contributed by atoms with Crippen molar-refractivity contribution >= 4 is 11.0 Å². The lowest BCUT2D eigenvalue weighted by Gasteiger charge is -2.27. The summed E-state index contributed by atoms with van der Waals surface area (Å²) >= 11 is 0. The second kappa shape index (κ2) is 11.9. The fourth-order valence-electron chi connectivity index (χ4n) is 6.29. The van der Waals surface area contributed by atoms with Gasteiger partial charge in [0.1, 0.15) is 17.1 Å². The molecule has 1 N–H and O–H groups in total. The van der Waals surface area contributed by atoms with Gasteiger partial charge in [-0.2, -0.15) is 0 Å². The molecule has 0 saturated carbocycles. The third-order valence-corrected chi connectivity index (χ3v) is 8.89. The minimum absolute atomic E-state index is 0.140. The summed E-state index contributed by atoms with van der Waals surface area (Å²) in [5, 5.41) is 12.0. The van der Waals surface area contributed by atoms with Gasteiger partial charge >= 0.3 is 0 Å². The first kappa shape index (κ1) is 31.1. The Hall–Kier alpha value is -5.55. The van der Waals surface area contributed by atoms with Crippen LogP contribution in [0.15, 0.2) is 128 Å². The summed E-state index contributed by atoms with van der Waals surface area (Å²) in [4.78, 5) is 15.0. The molecular weight excluding hydrogens is 589 g/mol. The Morgan fingerprint density at radius 3 is 1.92 bits per heavy atom. The van der Waals surface area contributed by atoms with Crippen LogP contribution in [0, 0.1) is 0 Å². The van der Waals surface area contributed by atoms with Crippen molar-refractivity contribution in [2.24, 2.45) is 0 Å². The Kier molecular flexibility index (Phi) is 7.71. The van der Waals surface area contributed by atoms with Gasteiger partial charge in [0.05, 0.1) is 22.5 Å². The van der Waals surface area contributed by atoms with Crippen molar-refractivity contribution in [2.75, 3.05) is 0 Å². The Morgan fingerprint density at radius 1 is 0.583 bits per heavy atom. The highest BCUT2D eigenvalue weighted by Crippen LogP contribution is 2.44. The van der Waals surface area contributed by atoms with E-state index in [-0.39, 0.29) is 16.6 Å². The standard InChI is InChI=1S/C43H40N4O/c1-42(2,3)32-26-34(40(48)35(27-32)43(4,5)6)41-46-39-37(47(41)33-17-11-8-12-18-33)20-22-45-38(39)31-24-29(28-15-9-7-10-16-28)23-30(25-31)36-19-13-14-21-44-36/h7-27,48H,1-6H3. The van der Waals surface area contributed by atoms with Gasteiger partial charge in [-0.1, -0.05) is 102 Å². The predicted molar refractivity (Wildman–Crippen MR) is 197 cm³/mol. The topological polar surface area (TPSA) is 63.8 Å². The minimum atomic E-state index is -0.282. The third kappa shape index (κ3) is 5.77. The summed E-state index contributed by atoms with van der Waals surface area (Å²) in [7, 11) is 0. The number of hydrogen-bond donors (Lipinski definition) is 1. The summed E-state index contributed by atoms with van der Waals surface area (Å²) < 4.78 is 2.15. The van der Waals surface area contributed by atoms with Crippen LogP contribution in [-0.4, -0.2) is 24.6 Å². The first-order valence-electron chi connectivity index (χ1n) is 16.4. The molecule has 0 saturated heterocycles. The maximum Gasteiger partial charge on any atom is 0.149 e. The van der Waals surface area contributed by atoms with Crippen LogP contribution in [0.1, 0.15) is 52.7 Å². The molecule has 7 aromatic rings. The Morgan fingerprint density at radius 2 is 1.25 bits per heavy atom. The van der Waals surface area contributed by atoms with E-state index in [4.69, 9.17) is 9.97 Å². The molecule has 0 spiro atoms. The van der Waals surface area contributed by atoms with Crippen molar-refractivity contribution in [3.05, 3.63) is 139 Å². The number of fused-ring (bicyclic) bond motifs is 1. The van der Waals surface area contributed by atoms with Crippen molar-refractivity contribution in [3.63, 3.8) is 0 Å². The van der Waals surface area contributed by atoms with E-state index in [1.165, 1.54) is 0 Å². The van der Waals surface area contributed by atoms with Gasteiger partial charge in [0.25, 0.3) is 0 Å². The van der Waals surface area contributed by atoms with E-state index in [0.717, 1.165) is 61.5 Å². The smallest absolute Gasteiger partial charge is 0.149 e. The van der Waals surface area contributed by atoms with Crippen LogP contribution in [0.3, 0.4) is 0 Å².